The van der Waals surface area contributed by atoms with E-state index in [0.29, 0.717) is 17.7 Å². The number of ether oxygens (including phenoxy) is 2. The summed E-state index contributed by atoms with van der Waals surface area (Å²) in [7, 11) is 1.61. The largest absolute Gasteiger partial charge is 0.481 e. The van der Waals surface area contributed by atoms with Crippen LogP contribution >= 0.6 is 0 Å². The van der Waals surface area contributed by atoms with Crippen molar-refractivity contribution in [1.29, 1.82) is 0 Å². The lowest BCUT2D eigenvalue weighted by molar-refractivity contribution is 0.0458. The van der Waals surface area contributed by atoms with Gasteiger partial charge in [0, 0.05) is 25.8 Å². The molecular weight excluding hydrogens is 230 g/mol. The van der Waals surface area contributed by atoms with Gasteiger partial charge in [-0.05, 0) is 25.8 Å². The van der Waals surface area contributed by atoms with E-state index in [1.54, 1.807) is 13.2 Å². The summed E-state index contributed by atoms with van der Waals surface area (Å²) in [5.74, 6) is 1.43. The number of hydrogen-bond donors (Lipinski definition) is 1. The van der Waals surface area contributed by atoms with Gasteiger partial charge in [-0.15, -0.1) is 0 Å². The van der Waals surface area contributed by atoms with Crippen LogP contribution in [-0.2, 0) is 4.74 Å². The first-order chi connectivity index (χ1) is 8.74. The zero-order valence-electron chi connectivity index (χ0n) is 11.1. The third-order valence-electron chi connectivity index (χ3n) is 3.23. The highest BCUT2D eigenvalue weighted by atomic mass is 16.5. The molecule has 0 amide bonds. The molecule has 0 aromatic carbocycles. The van der Waals surface area contributed by atoms with Crippen LogP contribution in [0.25, 0.3) is 0 Å². The molecule has 18 heavy (non-hydrogen) atoms. The molecule has 2 rings (SSSR count). The first kappa shape index (κ1) is 13.0. The molecule has 0 saturated carbocycles. The van der Waals surface area contributed by atoms with Crippen molar-refractivity contribution in [2.45, 2.75) is 25.9 Å². The van der Waals surface area contributed by atoms with Gasteiger partial charge < -0.3 is 20.1 Å². The monoisotopic (exact) mass is 251 g/mol. The third-order valence-corrected chi connectivity index (χ3v) is 3.23. The average Bonchev–Trinajstić information content (AvgIpc) is 2.41. The van der Waals surface area contributed by atoms with Crippen LogP contribution in [0.15, 0.2) is 12.1 Å². The minimum atomic E-state index is 0.373. The highest BCUT2D eigenvalue weighted by Gasteiger charge is 2.21. The molecule has 0 atom stereocenters. The Morgan fingerprint density at radius 2 is 2.11 bits per heavy atom. The molecule has 1 saturated heterocycles. The minimum absolute atomic E-state index is 0.373. The summed E-state index contributed by atoms with van der Waals surface area (Å²) >= 11 is 0. The quantitative estimate of drug-likeness (QED) is 0.882. The molecule has 0 bridgehead atoms. The van der Waals surface area contributed by atoms with E-state index < -0.39 is 0 Å². The van der Waals surface area contributed by atoms with Crippen LogP contribution < -0.4 is 15.4 Å². The lowest BCUT2D eigenvalue weighted by atomic mass is 10.1. The van der Waals surface area contributed by atoms with Crippen molar-refractivity contribution in [3.63, 3.8) is 0 Å². The summed E-state index contributed by atoms with van der Waals surface area (Å²) in [4.78, 5) is 6.63. The summed E-state index contributed by atoms with van der Waals surface area (Å²) < 4.78 is 10.8. The lowest BCUT2D eigenvalue weighted by Crippen LogP contribution is -2.37. The molecule has 0 radical (unpaired) electrons. The maximum Gasteiger partial charge on any atom is 0.215 e. The van der Waals surface area contributed by atoms with Gasteiger partial charge >= 0.3 is 0 Å². The number of nitrogens with two attached hydrogens (primary N) is 1. The second-order valence-electron chi connectivity index (χ2n) is 4.41. The van der Waals surface area contributed by atoms with Crippen LogP contribution in [0, 0.1) is 0 Å². The molecule has 2 heterocycles. The van der Waals surface area contributed by atoms with Crippen molar-refractivity contribution >= 4 is 11.5 Å². The Morgan fingerprint density at radius 1 is 1.39 bits per heavy atom. The molecule has 2 N–H and O–H groups in total. The Hall–Kier alpha value is -1.49. The topological polar surface area (TPSA) is 60.6 Å². The zero-order chi connectivity index (χ0) is 13.0. The zero-order valence-corrected chi connectivity index (χ0v) is 11.1. The fourth-order valence-corrected chi connectivity index (χ4v) is 2.28. The Bertz CT molecular complexity index is 390. The number of aromatic nitrogens is 1. The van der Waals surface area contributed by atoms with Crippen molar-refractivity contribution in [1.82, 2.24) is 4.98 Å². The predicted molar refractivity (Wildman–Crippen MR) is 72.1 cm³/mol. The van der Waals surface area contributed by atoms with Crippen LogP contribution in [-0.4, -0.2) is 37.9 Å². The summed E-state index contributed by atoms with van der Waals surface area (Å²) in [5.41, 5.74) is 6.68. The van der Waals surface area contributed by atoms with Gasteiger partial charge in [0.15, 0.2) is 5.82 Å². The molecule has 0 aliphatic carbocycles. The third kappa shape index (κ3) is 2.85. The Balaban J connectivity index is 2.04. The molecule has 5 heteroatoms. The van der Waals surface area contributed by atoms with Gasteiger partial charge in [-0.25, -0.2) is 0 Å². The summed E-state index contributed by atoms with van der Waals surface area (Å²) in [6, 6.07) is 3.63. The van der Waals surface area contributed by atoms with Crippen molar-refractivity contribution < 1.29 is 9.47 Å². The van der Waals surface area contributed by atoms with E-state index in [2.05, 4.69) is 9.88 Å². The molecule has 1 fully saturated rings. The van der Waals surface area contributed by atoms with E-state index in [0.717, 1.165) is 38.4 Å². The van der Waals surface area contributed by atoms with Crippen LogP contribution in [0.1, 0.15) is 19.8 Å². The number of nitrogen functional groups attached to an aromatic ring is 1. The number of anilines is 2. The predicted octanol–water partition coefficient (Wildman–Crippen LogP) is 1.68. The van der Waals surface area contributed by atoms with Gasteiger partial charge in [0.05, 0.1) is 18.9 Å². The normalized spacial score (nSPS) is 16.9. The number of rotatable bonds is 4. The molecule has 0 unspecified atom stereocenters. The molecule has 1 aromatic heterocycles. The summed E-state index contributed by atoms with van der Waals surface area (Å²) in [6.07, 6.45) is 2.41. The van der Waals surface area contributed by atoms with E-state index in [1.165, 1.54) is 0 Å². The van der Waals surface area contributed by atoms with Crippen LogP contribution in [0.4, 0.5) is 11.5 Å². The number of nitrogens with zero attached hydrogens (tertiary/aromatic N) is 2. The van der Waals surface area contributed by atoms with E-state index in [9.17, 15) is 0 Å². The van der Waals surface area contributed by atoms with Crippen molar-refractivity contribution in [3.05, 3.63) is 12.1 Å². The van der Waals surface area contributed by atoms with Crippen molar-refractivity contribution in [2.24, 2.45) is 0 Å². The second-order valence-corrected chi connectivity index (χ2v) is 4.41. The standard InChI is InChI=1S/C13H21N3O2/c1-3-18-10-6-8-16(9-7-10)13-11(14)4-5-12(15-13)17-2/h4-5,10H,3,6-9,14H2,1-2H3. The second kappa shape index (κ2) is 5.91. The molecule has 5 nitrogen and oxygen atoms in total. The highest BCUT2D eigenvalue weighted by molar-refractivity contribution is 5.63. The molecule has 1 aromatic rings. The molecule has 0 spiro atoms. The van der Waals surface area contributed by atoms with Gasteiger partial charge in [0.1, 0.15) is 0 Å². The van der Waals surface area contributed by atoms with Gasteiger partial charge in [-0.2, -0.15) is 4.98 Å². The van der Waals surface area contributed by atoms with Gasteiger partial charge in [-0.1, -0.05) is 0 Å². The number of methoxy groups -OCH3 is 1. The first-order valence-corrected chi connectivity index (χ1v) is 6.41. The van der Waals surface area contributed by atoms with E-state index in [4.69, 9.17) is 15.2 Å². The number of piperidine rings is 1. The van der Waals surface area contributed by atoms with E-state index in [1.807, 2.05) is 13.0 Å². The number of pyridine rings is 1. The highest BCUT2D eigenvalue weighted by Crippen LogP contribution is 2.27. The van der Waals surface area contributed by atoms with Gasteiger partial charge in [0.2, 0.25) is 5.88 Å². The smallest absolute Gasteiger partial charge is 0.215 e. The van der Waals surface area contributed by atoms with Crippen LogP contribution in [0.2, 0.25) is 0 Å². The maximum atomic E-state index is 5.98. The average molecular weight is 251 g/mol. The number of hydrogen-bond acceptors (Lipinski definition) is 5. The molecular formula is C13H21N3O2. The van der Waals surface area contributed by atoms with Crippen LogP contribution in [0.3, 0.4) is 0 Å². The maximum absolute atomic E-state index is 5.98. The van der Waals surface area contributed by atoms with E-state index >= 15 is 0 Å². The Kier molecular flexibility index (Phi) is 4.25. The minimum Gasteiger partial charge on any atom is -0.481 e. The first-order valence-electron chi connectivity index (χ1n) is 6.41. The van der Waals surface area contributed by atoms with Gasteiger partial charge in [-0.3, -0.25) is 0 Å². The fraction of sp³-hybridized carbons (Fsp3) is 0.615. The molecule has 1 aliphatic heterocycles. The Labute approximate surface area is 108 Å². The molecule has 1 aliphatic rings. The fourth-order valence-electron chi connectivity index (χ4n) is 2.28. The van der Waals surface area contributed by atoms with Gasteiger partial charge in [0.25, 0.3) is 0 Å². The molecule has 100 valence electrons. The SMILES string of the molecule is CCOC1CCN(c2nc(OC)ccc2N)CC1. The lowest BCUT2D eigenvalue weighted by Gasteiger charge is -2.33. The van der Waals surface area contributed by atoms with Crippen molar-refractivity contribution in [3.8, 4) is 5.88 Å². The van der Waals surface area contributed by atoms with E-state index in [-0.39, 0.29) is 0 Å². The summed E-state index contributed by atoms with van der Waals surface area (Å²) in [5, 5.41) is 0. The summed E-state index contributed by atoms with van der Waals surface area (Å²) in [6.45, 7) is 4.67. The van der Waals surface area contributed by atoms with Crippen molar-refractivity contribution in [2.75, 3.05) is 37.4 Å². The van der Waals surface area contributed by atoms with Crippen LogP contribution in [0.5, 0.6) is 5.88 Å². The Morgan fingerprint density at radius 3 is 2.72 bits per heavy atom.